The van der Waals surface area contributed by atoms with Crippen molar-refractivity contribution in [1.29, 1.82) is 0 Å². The second kappa shape index (κ2) is 15.7. The Hall–Kier alpha value is -2.25. The van der Waals surface area contributed by atoms with Crippen molar-refractivity contribution < 1.29 is 9.53 Å². The molecule has 35 heavy (non-hydrogen) atoms. The SMILES string of the molecule is Cl.Cl.O=C(NCCc1ccc(OCCCCc2ccccc2)cc1)C1CSC(c2cccnc2)N1. The number of aromatic nitrogens is 1. The zero-order chi connectivity index (χ0) is 22.7. The molecule has 4 rings (SSSR count). The predicted molar refractivity (Wildman–Crippen MR) is 149 cm³/mol. The Bertz CT molecular complexity index is 994. The van der Waals surface area contributed by atoms with E-state index in [0.29, 0.717) is 6.54 Å². The van der Waals surface area contributed by atoms with Crippen LogP contribution in [0.3, 0.4) is 0 Å². The molecule has 1 aliphatic rings. The number of hydrogen-bond donors (Lipinski definition) is 2. The van der Waals surface area contributed by atoms with Crippen molar-refractivity contribution in [3.8, 4) is 5.75 Å². The number of nitrogens with one attached hydrogen (secondary N) is 2. The van der Waals surface area contributed by atoms with Crippen LogP contribution in [0.15, 0.2) is 79.1 Å². The van der Waals surface area contributed by atoms with E-state index >= 15 is 0 Å². The van der Waals surface area contributed by atoms with Crippen LogP contribution in [-0.4, -0.2) is 35.8 Å². The molecule has 1 aromatic heterocycles. The molecule has 0 spiro atoms. The van der Waals surface area contributed by atoms with Crippen LogP contribution in [-0.2, 0) is 17.6 Å². The topological polar surface area (TPSA) is 63.2 Å². The number of carbonyl (C=O) groups excluding carboxylic acids is 1. The first kappa shape index (κ1) is 29.0. The molecular formula is C27H33Cl2N3O2S. The molecule has 0 bridgehead atoms. The van der Waals surface area contributed by atoms with Crippen LogP contribution in [0, 0.1) is 0 Å². The average Bonchev–Trinajstić information content (AvgIpc) is 3.37. The van der Waals surface area contributed by atoms with Crippen LogP contribution in [0.2, 0.25) is 0 Å². The number of unbranched alkanes of at least 4 members (excludes halogenated alkanes) is 1. The van der Waals surface area contributed by atoms with E-state index in [1.54, 1.807) is 18.0 Å². The lowest BCUT2D eigenvalue weighted by molar-refractivity contribution is -0.122. The summed E-state index contributed by atoms with van der Waals surface area (Å²) in [4.78, 5) is 16.7. The Morgan fingerprint density at radius 2 is 1.74 bits per heavy atom. The van der Waals surface area contributed by atoms with Gasteiger partial charge in [-0.1, -0.05) is 48.5 Å². The van der Waals surface area contributed by atoms with E-state index in [1.165, 1.54) is 11.1 Å². The Morgan fingerprint density at radius 3 is 2.49 bits per heavy atom. The highest BCUT2D eigenvalue weighted by molar-refractivity contribution is 7.99. The van der Waals surface area contributed by atoms with Gasteiger partial charge in [0.2, 0.25) is 5.91 Å². The largest absolute Gasteiger partial charge is 0.494 e. The van der Waals surface area contributed by atoms with E-state index in [1.807, 2.05) is 30.5 Å². The molecule has 1 saturated heterocycles. The molecule has 1 aliphatic heterocycles. The smallest absolute Gasteiger partial charge is 0.238 e. The van der Waals surface area contributed by atoms with E-state index in [-0.39, 0.29) is 42.1 Å². The van der Waals surface area contributed by atoms with Crippen LogP contribution in [0.4, 0.5) is 0 Å². The van der Waals surface area contributed by atoms with Crippen LogP contribution in [0.25, 0.3) is 0 Å². The number of ether oxygens (including phenoxy) is 1. The number of nitrogens with zero attached hydrogens (tertiary/aromatic N) is 1. The number of thioether (sulfide) groups is 1. The van der Waals surface area contributed by atoms with Crippen molar-refractivity contribution >= 4 is 42.5 Å². The number of benzene rings is 2. The lowest BCUT2D eigenvalue weighted by atomic mass is 10.1. The summed E-state index contributed by atoms with van der Waals surface area (Å²) in [6.07, 6.45) is 7.67. The van der Waals surface area contributed by atoms with Crippen molar-refractivity contribution in [3.63, 3.8) is 0 Å². The van der Waals surface area contributed by atoms with Crippen LogP contribution in [0.1, 0.15) is 34.9 Å². The molecule has 1 amide bonds. The lowest BCUT2D eigenvalue weighted by Crippen LogP contribution is -2.43. The maximum Gasteiger partial charge on any atom is 0.238 e. The number of hydrogen-bond acceptors (Lipinski definition) is 5. The molecule has 5 nitrogen and oxygen atoms in total. The molecular weight excluding hydrogens is 501 g/mol. The molecule has 3 aromatic rings. The molecule has 0 radical (unpaired) electrons. The number of rotatable bonds is 11. The Balaban J connectivity index is 0.00000216. The molecule has 8 heteroatoms. The third-order valence-electron chi connectivity index (χ3n) is 5.69. The average molecular weight is 535 g/mol. The molecule has 0 saturated carbocycles. The highest BCUT2D eigenvalue weighted by atomic mass is 35.5. The molecule has 2 aromatic carbocycles. The fourth-order valence-corrected chi connectivity index (χ4v) is 5.04. The summed E-state index contributed by atoms with van der Waals surface area (Å²) < 4.78 is 5.87. The summed E-state index contributed by atoms with van der Waals surface area (Å²) >= 11 is 1.75. The van der Waals surface area contributed by atoms with Gasteiger partial charge in [0.1, 0.15) is 5.75 Å². The normalized spacial score (nSPS) is 16.6. The van der Waals surface area contributed by atoms with Gasteiger partial charge in [-0.05, 0) is 60.6 Å². The van der Waals surface area contributed by atoms with Gasteiger partial charge >= 0.3 is 0 Å². The second-order valence-corrected chi connectivity index (χ2v) is 9.33. The lowest BCUT2D eigenvalue weighted by Gasteiger charge is -2.13. The second-order valence-electron chi connectivity index (χ2n) is 8.20. The number of aryl methyl sites for hydroxylation is 1. The van der Waals surface area contributed by atoms with Gasteiger partial charge in [-0.3, -0.25) is 15.1 Å². The minimum absolute atomic E-state index is 0. The van der Waals surface area contributed by atoms with E-state index in [4.69, 9.17) is 4.74 Å². The third kappa shape index (κ3) is 9.37. The maximum absolute atomic E-state index is 12.5. The monoisotopic (exact) mass is 533 g/mol. The van der Waals surface area contributed by atoms with E-state index in [0.717, 1.165) is 49.4 Å². The minimum Gasteiger partial charge on any atom is -0.494 e. The number of pyridine rings is 1. The molecule has 188 valence electrons. The quantitative estimate of drug-likeness (QED) is 0.323. The van der Waals surface area contributed by atoms with Crippen LogP contribution in [0.5, 0.6) is 5.75 Å². The zero-order valence-corrected chi connectivity index (χ0v) is 22.0. The number of halogens is 2. The third-order valence-corrected chi connectivity index (χ3v) is 6.96. The van der Waals surface area contributed by atoms with Gasteiger partial charge in [0.25, 0.3) is 0 Å². The maximum atomic E-state index is 12.5. The van der Waals surface area contributed by atoms with E-state index < -0.39 is 0 Å². The Kier molecular flexibility index (Phi) is 13.0. The van der Waals surface area contributed by atoms with Gasteiger partial charge in [-0.15, -0.1) is 36.6 Å². The summed E-state index contributed by atoms with van der Waals surface area (Å²) in [5, 5.41) is 6.58. The summed E-state index contributed by atoms with van der Waals surface area (Å²) in [5.41, 5.74) is 3.68. The summed E-state index contributed by atoms with van der Waals surface area (Å²) in [6, 6.07) is 22.5. The first-order valence-corrected chi connectivity index (χ1v) is 12.6. The van der Waals surface area contributed by atoms with Crippen molar-refractivity contribution in [2.45, 2.75) is 37.1 Å². The van der Waals surface area contributed by atoms with Crippen LogP contribution >= 0.6 is 36.6 Å². The van der Waals surface area contributed by atoms with Crippen molar-refractivity contribution in [1.82, 2.24) is 15.6 Å². The highest BCUT2D eigenvalue weighted by Gasteiger charge is 2.30. The zero-order valence-electron chi connectivity index (χ0n) is 19.6. The van der Waals surface area contributed by atoms with Crippen LogP contribution < -0.4 is 15.4 Å². The molecule has 1 fully saturated rings. The Labute approximate surface area is 224 Å². The fourth-order valence-electron chi connectivity index (χ4n) is 3.82. The minimum atomic E-state index is -0.169. The summed E-state index contributed by atoms with van der Waals surface area (Å²) in [6.45, 7) is 1.35. The van der Waals surface area contributed by atoms with Gasteiger partial charge in [0.05, 0.1) is 18.0 Å². The number of amides is 1. The van der Waals surface area contributed by atoms with Crippen molar-refractivity contribution in [2.75, 3.05) is 18.9 Å². The summed E-state index contributed by atoms with van der Waals surface area (Å²) in [5.74, 6) is 1.73. The van der Waals surface area contributed by atoms with Crippen molar-refractivity contribution in [3.05, 3.63) is 95.8 Å². The van der Waals surface area contributed by atoms with Gasteiger partial charge in [-0.2, -0.15) is 0 Å². The standard InChI is InChI=1S/C27H31N3O2S.2ClH/c31-26(25-20-33-27(30-25)23-10-6-16-28-19-23)29-17-15-22-11-13-24(14-12-22)32-18-5-4-9-21-7-2-1-3-8-21;;/h1-3,6-8,10-14,16,19,25,27,30H,4-5,9,15,17-18,20H2,(H,29,31);2*1H. The predicted octanol–water partition coefficient (Wildman–Crippen LogP) is 5.39. The van der Waals surface area contributed by atoms with E-state index in [9.17, 15) is 4.79 Å². The fraction of sp³-hybridized carbons (Fsp3) is 0.333. The molecule has 2 heterocycles. The first-order chi connectivity index (χ1) is 16.3. The van der Waals surface area contributed by atoms with Gasteiger partial charge in [-0.25, -0.2) is 0 Å². The highest BCUT2D eigenvalue weighted by Crippen LogP contribution is 2.32. The van der Waals surface area contributed by atoms with Gasteiger partial charge in [0.15, 0.2) is 0 Å². The molecule has 2 atom stereocenters. The summed E-state index contributed by atoms with van der Waals surface area (Å²) in [7, 11) is 0. The molecule has 2 N–H and O–H groups in total. The molecule has 0 aliphatic carbocycles. The van der Waals surface area contributed by atoms with Gasteiger partial charge < -0.3 is 10.1 Å². The van der Waals surface area contributed by atoms with Gasteiger partial charge in [0, 0.05) is 24.7 Å². The Morgan fingerprint density at radius 1 is 0.971 bits per heavy atom. The van der Waals surface area contributed by atoms with Crippen molar-refractivity contribution in [2.24, 2.45) is 0 Å². The first-order valence-electron chi connectivity index (χ1n) is 11.6. The molecule has 2 unspecified atom stereocenters. The number of carbonyl (C=O) groups is 1. The van der Waals surface area contributed by atoms with E-state index in [2.05, 4.69) is 58.1 Å².